The fourth-order valence-electron chi connectivity index (χ4n) is 8.06. The summed E-state index contributed by atoms with van der Waals surface area (Å²) in [4.78, 5) is 35.6. The molecule has 4 aliphatic rings. The average molecular weight is 633 g/mol. The van der Waals surface area contributed by atoms with Gasteiger partial charge in [0.25, 0.3) is 5.91 Å². The monoisotopic (exact) mass is 632 g/mol. The minimum atomic E-state index is -4.95. The zero-order valence-corrected chi connectivity index (χ0v) is 25.2. The topological polar surface area (TPSA) is 134 Å². The third-order valence-corrected chi connectivity index (χ3v) is 10.1. The molecular formula is C32H39F3N4O6. The first kappa shape index (κ1) is 31.5. The summed E-state index contributed by atoms with van der Waals surface area (Å²) in [5, 5.41) is 21.9. The van der Waals surface area contributed by atoms with Crippen molar-refractivity contribution in [2.45, 2.75) is 75.4 Å². The Morgan fingerprint density at radius 1 is 1.11 bits per heavy atom. The van der Waals surface area contributed by atoms with Crippen molar-refractivity contribution in [2.75, 3.05) is 38.4 Å². The van der Waals surface area contributed by atoms with E-state index in [2.05, 4.69) is 15.3 Å². The van der Waals surface area contributed by atoms with Crippen LogP contribution in [0, 0.1) is 17.8 Å². The standard InChI is InChI=1S/C32H39F3N4O6/c1-44-22-4-5-25-23(16-22)31(6-9-45-10-7-31)17-39(25)30-37-24(3-2-8-40)26(27(38-30)32(33,34)35)28(41)36-21-14-18-11-19(15-21)13-20(12-18)29(42)43/h4-5,16,18-21,40H,2-3,6-15,17H2,1H3,(H,36,41)(H,42,43). The van der Waals surface area contributed by atoms with E-state index in [9.17, 15) is 33.0 Å². The number of methoxy groups -OCH3 is 1. The lowest BCUT2D eigenvalue weighted by Gasteiger charge is -2.41. The summed E-state index contributed by atoms with van der Waals surface area (Å²) in [7, 11) is 1.56. The largest absolute Gasteiger partial charge is 0.497 e. The van der Waals surface area contributed by atoms with E-state index in [4.69, 9.17) is 9.47 Å². The molecule has 2 aliphatic heterocycles. The number of amides is 1. The molecule has 45 heavy (non-hydrogen) atoms. The zero-order valence-electron chi connectivity index (χ0n) is 25.2. The van der Waals surface area contributed by atoms with Gasteiger partial charge in [0.05, 0.1) is 24.3 Å². The van der Waals surface area contributed by atoms with E-state index < -0.39 is 35.2 Å². The number of aromatic nitrogens is 2. The van der Waals surface area contributed by atoms with Gasteiger partial charge in [-0.25, -0.2) is 9.97 Å². The van der Waals surface area contributed by atoms with Gasteiger partial charge in [-0.1, -0.05) is 0 Å². The summed E-state index contributed by atoms with van der Waals surface area (Å²) in [5.74, 6) is -1.47. The van der Waals surface area contributed by atoms with E-state index in [1.165, 1.54) is 0 Å². The van der Waals surface area contributed by atoms with Crippen LogP contribution < -0.4 is 15.0 Å². The molecule has 1 aromatic carbocycles. The van der Waals surface area contributed by atoms with Crippen LogP contribution in [-0.4, -0.2) is 71.6 Å². The van der Waals surface area contributed by atoms with Gasteiger partial charge in [-0.15, -0.1) is 0 Å². The van der Waals surface area contributed by atoms with Crippen molar-refractivity contribution < 1.29 is 42.4 Å². The molecule has 13 heteroatoms. The van der Waals surface area contributed by atoms with Crippen LogP contribution in [0.15, 0.2) is 18.2 Å². The fraction of sp³-hybridized carbons (Fsp3) is 0.625. The van der Waals surface area contributed by atoms with Crippen LogP contribution in [0.5, 0.6) is 5.75 Å². The number of carboxylic acid groups (broad SMARTS) is 1. The van der Waals surface area contributed by atoms with Gasteiger partial charge in [0.15, 0.2) is 5.69 Å². The molecule has 2 aliphatic carbocycles. The highest BCUT2D eigenvalue weighted by molar-refractivity contribution is 5.97. The van der Waals surface area contributed by atoms with Crippen LogP contribution in [0.2, 0.25) is 0 Å². The first-order valence-electron chi connectivity index (χ1n) is 15.7. The number of anilines is 2. The third kappa shape index (κ3) is 6.20. The van der Waals surface area contributed by atoms with Gasteiger partial charge < -0.3 is 29.9 Å². The number of alkyl halides is 3. The lowest BCUT2D eigenvalue weighted by Crippen LogP contribution is -2.45. The molecule has 2 unspecified atom stereocenters. The zero-order chi connectivity index (χ0) is 31.9. The minimum Gasteiger partial charge on any atom is -0.497 e. The summed E-state index contributed by atoms with van der Waals surface area (Å²) in [5.41, 5.74) is -0.747. The number of hydrogen-bond acceptors (Lipinski definition) is 8. The summed E-state index contributed by atoms with van der Waals surface area (Å²) >= 11 is 0. The van der Waals surface area contributed by atoms with E-state index >= 15 is 0 Å². The smallest absolute Gasteiger partial charge is 0.434 e. The van der Waals surface area contributed by atoms with Gasteiger partial charge >= 0.3 is 12.1 Å². The number of nitrogens with zero attached hydrogens (tertiary/aromatic N) is 3. The van der Waals surface area contributed by atoms with Crippen molar-refractivity contribution >= 4 is 23.5 Å². The van der Waals surface area contributed by atoms with Crippen molar-refractivity contribution in [3.8, 4) is 5.75 Å². The number of rotatable bonds is 8. The van der Waals surface area contributed by atoms with Gasteiger partial charge in [-0.3, -0.25) is 9.59 Å². The van der Waals surface area contributed by atoms with Gasteiger partial charge in [-0.05, 0) is 93.4 Å². The molecule has 2 atom stereocenters. The van der Waals surface area contributed by atoms with Crippen molar-refractivity contribution in [1.82, 2.24) is 15.3 Å². The van der Waals surface area contributed by atoms with Gasteiger partial charge in [0.2, 0.25) is 5.95 Å². The Balaban J connectivity index is 1.36. The summed E-state index contributed by atoms with van der Waals surface area (Å²) in [6, 6.07) is 5.09. The van der Waals surface area contributed by atoms with E-state index in [1.807, 2.05) is 6.07 Å². The normalized spacial score (nSPS) is 25.6. The van der Waals surface area contributed by atoms with Gasteiger partial charge in [0, 0.05) is 43.5 Å². The van der Waals surface area contributed by atoms with Crippen molar-refractivity contribution in [1.29, 1.82) is 0 Å². The second-order valence-electron chi connectivity index (χ2n) is 13.0. The number of fused-ring (bicyclic) bond motifs is 4. The van der Waals surface area contributed by atoms with Crippen LogP contribution in [-0.2, 0) is 27.5 Å². The SMILES string of the molecule is COc1ccc2c(c1)C1(CCOCC1)CN2c1nc(CCCO)c(C(=O)NC2CC3CC(C2)CC(C(=O)O)C3)c(C(F)(F)F)n1. The number of aliphatic hydroxyl groups excluding tert-OH is 1. The molecule has 2 aromatic rings. The molecule has 3 N–H and O–H groups in total. The lowest BCUT2D eigenvalue weighted by atomic mass is 9.66. The summed E-state index contributed by atoms with van der Waals surface area (Å²) in [6.45, 7) is 1.09. The number of aliphatic hydroxyl groups is 1. The Bertz CT molecular complexity index is 1430. The molecule has 6 rings (SSSR count). The van der Waals surface area contributed by atoms with Crippen LogP contribution in [0.4, 0.5) is 24.8 Å². The van der Waals surface area contributed by atoms with Crippen molar-refractivity contribution in [3.63, 3.8) is 0 Å². The average Bonchev–Trinajstić information content (AvgIpc) is 3.31. The van der Waals surface area contributed by atoms with Crippen molar-refractivity contribution in [2.24, 2.45) is 17.8 Å². The number of aryl methyl sites for hydroxylation is 1. The number of benzene rings is 1. The fourth-order valence-corrected chi connectivity index (χ4v) is 8.06. The number of carbonyl (C=O) groups is 2. The Labute approximate surface area is 259 Å². The predicted octanol–water partition coefficient (Wildman–Crippen LogP) is 4.64. The van der Waals surface area contributed by atoms with Gasteiger partial charge in [0.1, 0.15) is 5.75 Å². The minimum absolute atomic E-state index is 0.0453. The van der Waals surface area contributed by atoms with E-state index in [0.717, 1.165) is 12.0 Å². The highest BCUT2D eigenvalue weighted by atomic mass is 19.4. The Kier molecular flexibility index (Phi) is 8.68. The molecule has 1 spiro atoms. The molecule has 1 amide bonds. The molecule has 10 nitrogen and oxygen atoms in total. The predicted molar refractivity (Wildman–Crippen MR) is 157 cm³/mol. The first-order valence-corrected chi connectivity index (χ1v) is 15.7. The van der Waals surface area contributed by atoms with Crippen LogP contribution in [0.1, 0.15) is 78.7 Å². The quantitative estimate of drug-likeness (QED) is 0.381. The van der Waals surface area contributed by atoms with Gasteiger partial charge in [-0.2, -0.15) is 13.2 Å². The first-order chi connectivity index (χ1) is 21.5. The lowest BCUT2D eigenvalue weighted by molar-refractivity contribution is -0.144. The Morgan fingerprint density at radius 2 is 1.82 bits per heavy atom. The molecule has 1 saturated heterocycles. The second kappa shape index (κ2) is 12.4. The molecule has 0 radical (unpaired) electrons. The molecule has 3 fully saturated rings. The molecule has 2 saturated carbocycles. The molecule has 244 valence electrons. The number of carboxylic acids is 1. The second-order valence-corrected chi connectivity index (χ2v) is 13.0. The number of carbonyl (C=O) groups excluding carboxylic acids is 1. The third-order valence-electron chi connectivity index (χ3n) is 10.1. The van der Waals surface area contributed by atoms with Crippen LogP contribution >= 0.6 is 0 Å². The maximum atomic E-state index is 14.8. The van der Waals surface area contributed by atoms with Crippen molar-refractivity contribution in [3.05, 3.63) is 40.7 Å². The highest BCUT2D eigenvalue weighted by Crippen LogP contribution is 2.50. The number of halogens is 3. The maximum Gasteiger partial charge on any atom is 0.434 e. The number of aliphatic carboxylic acids is 1. The number of hydrogen-bond donors (Lipinski definition) is 3. The summed E-state index contributed by atoms with van der Waals surface area (Å²) in [6.07, 6.45) is -0.645. The highest BCUT2D eigenvalue weighted by Gasteiger charge is 2.47. The van der Waals surface area contributed by atoms with E-state index in [-0.39, 0.29) is 54.4 Å². The summed E-state index contributed by atoms with van der Waals surface area (Å²) < 4.78 is 55.4. The Hall–Kier alpha value is -3.45. The van der Waals surface area contributed by atoms with E-state index in [1.54, 1.807) is 24.1 Å². The molecule has 1 aromatic heterocycles. The van der Waals surface area contributed by atoms with Crippen LogP contribution in [0.3, 0.4) is 0 Å². The maximum absolute atomic E-state index is 14.8. The van der Waals surface area contributed by atoms with E-state index in [0.29, 0.717) is 69.7 Å². The molecule has 2 bridgehead atoms. The Morgan fingerprint density at radius 3 is 2.44 bits per heavy atom. The number of nitrogens with one attached hydrogen (secondary N) is 1. The molecule has 3 heterocycles. The molecular weight excluding hydrogens is 593 g/mol. The number of ether oxygens (including phenoxy) is 2. The van der Waals surface area contributed by atoms with Crippen LogP contribution in [0.25, 0.3) is 0 Å².